The van der Waals surface area contributed by atoms with Gasteiger partial charge in [-0.3, -0.25) is 4.79 Å². The predicted octanol–water partition coefficient (Wildman–Crippen LogP) is -0.574. The first kappa shape index (κ1) is 10.7. The molecule has 1 aromatic heterocycles. The van der Waals surface area contributed by atoms with Crippen LogP contribution in [-0.4, -0.2) is 28.0 Å². The number of carbonyl (C=O) groups excluding carboxylic acids is 1. The first-order chi connectivity index (χ1) is 6.61. The van der Waals surface area contributed by atoms with Crippen LogP contribution in [0.15, 0.2) is 12.4 Å². The van der Waals surface area contributed by atoms with Crippen molar-refractivity contribution in [2.24, 2.45) is 12.8 Å². The summed E-state index contributed by atoms with van der Waals surface area (Å²) in [4.78, 5) is 14.9. The molecule has 1 amide bonds. The molecule has 0 fully saturated rings. The highest BCUT2D eigenvalue weighted by Gasteiger charge is 2.07. The molecule has 0 bridgehead atoms. The molecular formula is C9H16N4O. The summed E-state index contributed by atoms with van der Waals surface area (Å²) in [6.07, 6.45) is 4.45. The zero-order valence-corrected chi connectivity index (χ0v) is 8.53. The van der Waals surface area contributed by atoms with Crippen molar-refractivity contribution >= 4 is 5.91 Å². The fraction of sp³-hybridized carbons (Fsp3) is 0.556. The maximum Gasteiger partial charge on any atom is 0.234 e. The number of nitrogens with two attached hydrogens (primary N) is 1. The Bertz CT molecular complexity index is 308. The van der Waals surface area contributed by atoms with Crippen molar-refractivity contribution in [3.05, 3.63) is 18.2 Å². The fourth-order valence-corrected chi connectivity index (χ4v) is 1.14. The standard InChI is InChI=1S/C9H16N4O/c1-7(9(10)14)11-4-3-8-12-5-6-13(8)2/h5-7,11H,3-4H2,1-2H3,(H2,10,14). The van der Waals surface area contributed by atoms with E-state index >= 15 is 0 Å². The molecular weight excluding hydrogens is 180 g/mol. The van der Waals surface area contributed by atoms with Gasteiger partial charge in [0.2, 0.25) is 5.91 Å². The molecule has 1 aromatic rings. The summed E-state index contributed by atoms with van der Waals surface area (Å²) in [5.41, 5.74) is 5.10. The SMILES string of the molecule is CC(NCCc1nccn1C)C(N)=O. The van der Waals surface area contributed by atoms with Crippen LogP contribution in [0.3, 0.4) is 0 Å². The number of rotatable bonds is 5. The topological polar surface area (TPSA) is 72.9 Å². The number of nitrogens with one attached hydrogen (secondary N) is 1. The number of hydrogen-bond donors (Lipinski definition) is 2. The second-order valence-corrected chi connectivity index (χ2v) is 3.28. The molecule has 0 aliphatic carbocycles. The average molecular weight is 196 g/mol. The highest BCUT2D eigenvalue weighted by Crippen LogP contribution is 1.94. The molecule has 1 unspecified atom stereocenters. The molecule has 0 aliphatic rings. The number of nitrogens with zero attached hydrogens (tertiary/aromatic N) is 2. The van der Waals surface area contributed by atoms with Gasteiger partial charge in [0.25, 0.3) is 0 Å². The number of aromatic nitrogens is 2. The van der Waals surface area contributed by atoms with Gasteiger partial charge in [0.15, 0.2) is 0 Å². The Morgan fingerprint density at radius 1 is 1.79 bits per heavy atom. The Kier molecular flexibility index (Phi) is 3.64. The number of carbonyl (C=O) groups is 1. The van der Waals surface area contributed by atoms with Crippen LogP contribution in [0.25, 0.3) is 0 Å². The molecule has 5 nitrogen and oxygen atoms in total. The fourth-order valence-electron chi connectivity index (χ4n) is 1.14. The van der Waals surface area contributed by atoms with Crippen LogP contribution in [-0.2, 0) is 18.3 Å². The number of imidazole rings is 1. The third-order valence-electron chi connectivity index (χ3n) is 2.15. The minimum Gasteiger partial charge on any atom is -0.368 e. The summed E-state index contributed by atoms with van der Waals surface area (Å²) in [5, 5.41) is 3.02. The highest BCUT2D eigenvalue weighted by atomic mass is 16.1. The molecule has 14 heavy (non-hydrogen) atoms. The van der Waals surface area contributed by atoms with Gasteiger partial charge in [-0.05, 0) is 6.92 Å². The van der Waals surface area contributed by atoms with Gasteiger partial charge < -0.3 is 15.6 Å². The quantitative estimate of drug-likeness (QED) is 0.662. The molecule has 0 spiro atoms. The normalized spacial score (nSPS) is 12.7. The number of hydrogen-bond acceptors (Lipinski definition) is 3. The van der Waals surface area contributed by atoms with Gasteiger partial charge in [-0.15, -0.1) is 0 Å². The largest absolute Gasteiger partial charge is 0.368 e. The Labute approximate surface area is 83.3 Å². The van der Waals surface area contributed by atoms with E-state index in [1.807, 2.05) is 17.8 Å². The van der Waals surface area contributed by atoms with Crippen LogP contribution in [0.2, 0.25) is 0 Å². The Morgan fingerprint density at radius 3 is 3.00 bits per heavy atom. The van der Waals surface area contributed by atoms with E-state index in [-0.39, 0.29) is 11.9 Å². The van der Waals surface area contributed by atoms with Crippen molar-refractivity contribution in [2.45, 2.75) is 19.4 Å². The van der Waals surface area contributed by atoms with Crippen molar-refractivity contribution < 1.29 is 4.79 Å². The molecule has 1 atom stereocenters. The molecule has 1 heterocycles. The van der Waals surface area contributed by atoms with Crippen molar-refractivity contribution in [3.63, 3.8) is 0 Å². The monoisotopic (exact) mass is 196 g/mol. The second-order valence-electron chi connectivity index (χ2n) is 3.28. The molecule has 0 saturated heterocycles. The van der Waals surface area contributed by atoms with Crippen LogP contribution < -0.4 is 11.1 Å². The van der Waals surface area contributed by atoms with E-state index in [4.69, 9.17) is 5.73 Å². The van der Waals surface area contributed by atoms with Crippen molar-refractivity contribution in [1.29, 1.82) is 0 Å². The molecule has 5 heteroatoms. The molecule has 78 valence electrons. The van der Waals surface area contributed by atoms with E-state index < -0.39 is 0 Å². The van der Waals surface area contributed by atoms with Crippen LogP contribution in [0.1, 0.15) is 12.7 Å². The summed E-state index contributed by atoms with van der Waals surface area (Å²) < 4.78 is 1.95. The second kappa shape index (κ2) is 4.76. The Hall–Kier alpha value is -1.36. The smallest absolute Gasteiger partial charge is 0.234 e. The van der Waals surface area contributed by atoms with Gasteiger partial charge in [0, 0.05) is 32.4 Å². The average Bonchev–Trinajstić information content (AvgIpc) is 2.51. The zero-order valence-electron chi connectivity index (χ0n) is 8.53. The number of primary amides is 1. The molecule has 3 N–H and O–H groups in total. The maximum absolute atomic E-state index is 10.7. The van der Waals surface area contributed by atoms with E-state index in [1.165, 1.54) is 0 Å². The van der Waals surface area contributed by atoms with Gasteiger partial charge >= 0.3 is 0 Å². The van der Waals surface area contributed by atoms with E-state index in [9.17, 15) is 4.79 Å². The van der Waals surface area contributed by atoms with Gasteiger partial charge in [-0.25, -0.2) is 4.98 Å². The van der Waals surface area contributed by atoms with E-state index in [1.54, 1.807) is 13.1 Å². The summed E-state index contributed by atoms with van der Waals surface area (Å²) in [6, 6.07) is -0.282. The number of amides is 1. The summed E-state index contributed by atoms with van der Waals surface area (Å²) in [7, 11) is 1.94. The lowest BCUT2D eigenvalue weighted by molar-refractivity contribution is -0.119. The molecule has 0 saturated carbocycles. The van der Waals surface area contributed by atoms with Gasteiger partial charge in [0.1, 0.15) is 5.82 Å². The van der Waals surface area contributed by atoms with E-state index in [0.717, 1.165) is 12.2 Å². The zero-order chi connectivity index (χ0) is 10.6. The third kappa shape index (κ3) is 2.85. The highest BCUT2D eigenvalue weighted by molar-refractivity contribution is 5.79. The van der Waals surface area contributed by atoms with E-state index in [0.29, 0.717) is 6.54 Å². The first-order valence-electron chi connectivity index (χ1n) is 4.60. The molecule has 0 aromatic carbocycles. The van der Waals surface area contributed by atoms with Crippen molar-refractivity contribution in [3.8, 4) is 0 Å². The van der Waals surface area contributed by atoms with Gasteiger partial charge in [0.05, 0.1) is 6.04 Å². The van der Waals surface area contributed by atoms with Crippen molar-refractivity contribution in [1.82, 2.24) is 14.9 Å². The maximum atomic E-state index is 10.7. The lowest BCUT2D eigenvalue weighted by Gasteiger charge is -2.09. The molecule has 1 rings (SSSR count). The molecule has 0 aliphatic heterocycles. The Morgan fingerprint density at radius 2 is 2.50 bits per heavy atom. The Balaban J connectivity index is 2.29. The summed E-state index contributed by atoms with van der Waals surface area (Å²) in [5.74, 6) is 0.666. The summed E-state index contributed by atoms with van der Waals surface area (Å²) >= 11 is 0. The predicted molar refractivity (Wildman–Crippen MR) is 53.6 cm³/mol. The first-order valence-corrected chi connectivity index (χ1v) is 4.60. The molecule has 0 radical (unpaired) electrons. The van der Waals surface area contributed by atoms with E-state index in [2.05, 4.69) is 10.3 Å². The van der Waals surface area contributed by atoms with Crippen LogP contribution in [0.5, 0.6) is 0 Å². The van der Waals surface area contributed by atoms with Crippen LogP contribution in [0, 0.1) is 0 Å². The van der Waals surface area contributed by atoms with Gasteiger partial charge in [-0.1, -0.05) is 0 Å². The van der Waals surface area contributed by atoms with Gasteiger partial charge in [-0.2, -0.15) is 0 Å². The van der Waals surface area contributed by atoms with Crippen LogP contribution >= 0.6 is 0 Å². The minimum absolute atomic E-state index is 0.282. The lowest BCUT2D eigenvalue weighted by Crippen LogP contribution is -2.39. The van der Waals surface area contributed by atoms with Crippen LogP contribution in [0.4, 0.5) is 0 Å². The lowest BCUT2D eigenvalue weighted by atomic mass is 10.3. The minimum atomic E-state index is -0.329. The third-order valence-corrected chi connectivity index (χ3v) is 2.15. The summed E-state index contributed by atoms with van der Waals surface area (Å²) in [6.45, 7) is 2.45. The van der Waals surface area contributed by atoms with Crippen molar-refractivity contribution in [2.75, 3.05) is 6.54 Å². The number of aryl methyl sites for hydroxylation is 1.